The number of aromatic nitrogens is 2. The molecule has 0 radical (unpaired) electrons. The predicted octanol–water partition coefficient (Wildman–Crippen LogP) is 2.26. The van der Waals surface area contributed by atoms with E-state index in [9.17, 15) is 0 Å². The Bertz CT molecular complexity index is 542. The van der Waals surface area contributed by atoms with Crippen LogP contribution in [-0.4, -0.2) is 28.6 Å². The maximum absolute atomic E-state index is 8.83. The fourth-order valence-corrected chi connectivity index (χ4v) is 2.10. The van der Waals surface area contributed by atoms with Crippen LogP contribution in [0.5, 0.6) is 5.75 Å². The molecule has 102 valence electrons. The number of nitrogens with zero attached hydrogens (tertiary/aromatic N) is 2. The van der Waals surface area contributed by atoms with Crippen LogP contribution in [0, 0.1) is 0 Å². The maximum atomic E-state index is 8.83. The first-order valence-corrected chi connectivity index (χ1v) is 6.72. The van der Waals surface area contributed by atoms with Gasteiger partial charge in [0, 0.05) is 30.1 Å². The fraction of sp³-hybridized carbons (Fsp3) is 0.308. The van der Waals surface area contributed by atoms with Crippen LogP contribution >= 0.6 is 15.9 Å². The molecule has 0 aliphatic heterocycles. The molecular formula is C13H16BrN3O2. The average Bonchev–Trinajstić information content (AvgIpc) is 2.86. The van der Waals surface area contributed by atoms with Crippen LogP contribution in [0.2, 0.25) is 0 Å². The molecule has 0 saturated heterocycles. The summed E-state index contributed by atoms with van der Waals surface area (Å²) >= 11 is 3.42. The highest BCUT2D eigenvalue weighted by Crippen LogP contribution is 2.27. The topological polar surface area (TPSA) is 59.3 Å². The summed E-state index contributed by atoms with van der Waals surface area (Å²) in [5.74, 6) is 0.793. The van der Waals surface area contributed by atoms with Gasteiger partial charge < -0.3 is 15.2 Å². The van der Waals surface area contributed by atoms with Crippen LogP contribution in [0.4, 0.5) is 5.69 Å². The van der Waals surface area contributed by atoms with E-state index in [-0.39, 0.29) is 6.61 Å². The lowest BCUT2D eigenvalue weighted by Gasteiger charge is -2.08. The number of ether oxygens (including phenoxy) is 1. The Kier molecular flexibility index (Phi) is 4.81. The van der Waals surface area contributed by atoms with Crippen LogP contribution in [0.3, 0.4) is 0 Å². The first-order valence-electron chi connectivity index (χ1n) is 5.92. The molecule has 0 fully saturated rings. The Morgan fingerprint density at radius 1 is 1.47 bits per heavy atom. The second kappa shape index (κ2) is 6.58. The third-order valence-corrected chi connectivity index (χ3v) is 3.32. The Hall–Kier alpha value is -1.53. The lowest BCUT2D eigenvalue weighted by Crippen LogP contribution is -2.02. The van der Waals surface area contributed by atoms with Crippen molar-refractivity contribution in [2.75, 3.05) is 19.0 Å². The number of rotatable bonds is 6. The van der Waals surface area contributed by atoms with Crippen LogP contribution in [0.1, 0.15) is 5.56 Å². The van der Waals surface area contributed by atoms with Crippen LogP contribution in [0.15, 0.2) is 35.1 Å². The highest BCUT2D eigenvalue weighted by Gasteiger charge is 2.02. The SMILES string of the molecule is COc1cc(NCc2cnn(CCO)c2)ccc1Br. The Labute approximate surface area is 120 Å². The van der Waals surface area contributed by atoms with Gasteiger partial charge in [0.25, 0.3) is 0 Å². The third-order valence-electron chi connectivity index (χ3n) is 2.66. The Morgan fingerprint density at radius 3 is 3.05 bits per heavy atom. The third kappa shape index (κ3) is 3.71. The van der Waals surface area contributed by atoms with Gasteiger partial charge in [0.15, 0.2) is 0 Å². The molecule has 6 heteroatoms. The fourth-order valence-electron chi connectivity index (χ4n) is 1.70. The summed E-state index contributed by atoms with van der Waals surface area (Å²) in [5.41, 5.74) is 2.05. The smallest absolute Gasteiger partial charge is 0.135 e. The van der Waals surface area contributed by atoms with Crippen LogP contribution in [-0.2, 0) is 13.1 Å². The van der Waals surface area contributed by atoms with E-state index in [0.717, 1.165) is 21.5 Å². The molecule has 1 aromatic heterocycles. The van der Waals surface area contributed by atoms with Crippen LogP contribution < -0.4 is 10.1 Å². The predicted molar refractivity (Wildman–Crippen MR) is 77.3 cm³/mol. The van der Waals surface area contributed by atoms with Crippen molar-refractivity contribution < 1.29 is 9.84 Å². The Balaban J connectivity index is 1.97. The van der Waals surface area contributed by atoms with E-state index in [1.54, 1.807) is 18.0 Å². The van der Waals surface area contributed by atoms with Gasteiger partial charge in [-0.3, -0.25) is 4.68 Å². The quantitative estimate of drug-likeness (QED) is 0.855. The first kappa shape index (κ1) is 13.9. The molecule has 0 aliphatic carbocycles. The van der Waals surface area contributed by atoms with Gasteiger partial charge >= 0.3 is 0 Å². The molecule has 0 spiro atoms. The van der Waals surface area contributed by atoms with Crippen molar-refractivity contribution in [2.45, 2.75) is 13.1 Å². The van der Waals surface area contributed by atoms with Crippen molar-refractivity contribution in [1.29, 1.82) is 0 Å². The minimum Gasteiger partial charge on any atom is -0.495 e. The van der Waals surface area contributed by atoms with E-state index < -0.39 is 0 Å². The van der Waals surface area contributed by atoms with Gasteiger partial charge in [0.2, 0.25) is 0 Å². The summed E-state index contributed by atoms with van der Waals surface area (Å²) in [5, 5.41) is 16.3. The monoisotopic (exact) mass is 325 g/mol. The number of halogens is 1. The number of aliphatic hydroxyl groups is 1. The summed E-state index contributed by atoms with van der Waals surface area (Å²) in [6.07, 6.45) is 3.71. The van der Waals surface area contributed by atoms with Gasteiger partial charge in [-0.2, -0.15) is 5.10 Å². The minimum absolute atomic E-state index is 0.0957. The molecule has 0 atom stereocenters. The number of aliphatic hydroxyl groups excluding tert-OH is 1. The summed E-state index contributed by atoms with van der Waals surface area (Å²) in [6.45, 7) is 1.29. The van der Waals surface area contributed by atoms with Gasteiger partial charge in [0.05, 0.1) is 30.9 Å². The van der Waals surface area contributed by atoms with E-state index >= 15 is 0 Å². The minimum atomic E-state index is 0.0957. The molecule has 2 aromatic rings. The van der Waals surface area contributed by atoms with Gasteiger partial charge in [-0.05, 0) is 28.1 Å². The zero-order valence-electron chi connectivity index (χ0n) is 10.6. The molecule has 0 amide bonds. The Morgan fingerprint density at radius 2 is 2.32 bits per heavy atom. The van der Waals surface area contributed by atoms with E-state index in [1.807, 2.05) is 24.4 Å². The van der Waals surface area contributed by atoms with E-state index in [4.69, 9.17) is 9.84 Å². The van der Waals surface area contributed by atoms with E-state index in [2.05, 4.69) is 26.3 Å². The number of methoxy groups -OCH3 is 1. The van der Waals surface area contributed by atoms with E-state index in [1.165, 1.54) is 0 Å². The number of anilines is 1. The van der Waals surface area contributed by atoms with Crippen molar-refractivity contribution in [2.24, 2.45) is 0 Å². The highest BCUT2D eigenvalue weighted by molar-refractivity contribution is 9.10. The summed E-state index contributed by atoms with van der Waals surface area (Å²) in [7, 11) is 1.64. The lowest BCUT2D eigenvalue weighted by atomic mass is 10.3. The number of benzene rings is 1. The number of hydrogen-bond donors (Lipinski definition) is 2. The molecular weight excluding hydrogens is 310 g/mol. The molecule has 0 aliphatic rings. The molecule has 5 nitrogen and oxygen atoms in total. The first-order chi connectivity index (χ1) is 9.22. The second-order valence-electron chi connectivity index (χ2n) is 4.04. The van der Waals surface area contributed by atoms with Gasteiger partial charge in [-0.1, -0.05) is 0 Å². The normalized spacial score (nSPS) is 10.5. The van der Waals surface area contributed by atoms with Crippen molar-refractivity contribution in [1.82, 2.24) is 9.78 Å². The van der Waals surface area contributed by atoms with Crippen molar-refractivity contribution in [3.05, 3.63) is 40.6 Å². The van der Waals surface area contributed by atoms with Gasteiger partial charge in [0.1, 0.15) is 5.75 Å². The summed E-state index contributed by atoms with van der Waals surface area (Å²) in [4.78, 5) is 0. The lowest BCUT2D eigenvalue weighted by molar-refractivity contribution is 0.269. The molecule has 1 heterocycles. The zero-order valence-corrected chi connectivity index (χ0v) is 12.2. The molecule has 19 heavy (non-hydrogen) atoms. The molecule has 0 saturated carbocycles. The molecule has 1 aromatic carbocycles. The molecule has 0 unspecified atom stereocenters. The van der Waals surface area contributed by atoms with Crippen molar-refractivity contribution >= 4 is 21.6 Å². The zero-order chi connectivity index (χ0) is 13.7. The largest absolute Gasteiger partial charge is 0.495 e. The van der Waals surface area contributed by atoms with Crippen molar-refractivity contribution in [3.8, 4) is 5.75 Å². The average molecular weight is 326 g/mol. The van der Waals surface area contributed by atoms with E-state index in [0.29, 0.717) is 13.1 Å². The summed E-state index contributed by atoms with van der Waals surface area (Å²) < 4.78 is 7.89. The highest BCUT2D eigenvalue weighted by atomic mass is 79.9. The number of hydrogen-bond acceptors (Lipinski definition) is 4. The van der Waals surface area contributed by atoms with Gasteiger partial charge in [-0.25, -0.2) is 0 Å². The molecule has 0 bridgehead atoms. The molecule has 2 N–H and O–H groups in total. The summed E-state index contributed by atoms with van der Waals surface area (Å²) in [6, 6.07) is 5.85. The second-order valence-corrected chi connectivity index (χ2v) is 4.89. The maximum Gasteiger partial charge on any atom is 0.135 e. The van der Waals surface area contributed by atoms with Crippen molar-refractivity contribution in [3.63, 3.8) is 0 Å². The standard InChI is InChI=1S/C13H16BrN3O2/c1-19-13-6-11(2-3-12(13)14)15-7-10-8-16-17(9-10)4-5-18/h2-3,6,8-9,15,18H,4-5,7H2,1H3. The van der Waals surface area contributed by atoms with Gasteiger partial charge in [-0.15, -0.1) is 0 Å². The van der Waals surface area contributed by atoms with Crippen LogP contribution in [0.25, 0.3) is 0 Å². The molecule has 2 rings (SSSR count). The number of nitrogens with one attached hydrogen (secondary N) is 1.